The van der Waals surface area contributed by atoms with Crippen molar-refractivity contribution < 1.29 is 9.90 Å². The summed E-state index contributed by atoms with van der Waals surface area (Å²) >= 11 is 0. The second kappa shape index (κ2) is 4.42. The molecule has 0 aromatic heterocycles. The average molecular weight is 227 g/mol. The van der Waals surface area contributed by atoms with E-state index in [-0.39, 0.29) is 11.8 Å². The molecule has 2 rings (SSSR count). The molecule has 0 amide bonds. The molecule has 1 aliphatic rings. The number of hydrogen-bond donors (Lipinski definition) is 1. The van der Waals surface area contributed by atoms with Gasteiger partial charge in [0, 0.05) is 0 Å². The van der Waals surface area contributed by atoms with Gasteiger partial charge in [0.1, 0.15) is 0 Å². The van der Waals surface area contributed by atoms with Crippen LogP contribution in [0, 0.1) is 11.3 Å². The third kappa shape index (κ3) is 2.54. The maximum Gasteiger partial charge on any atom is 0.307 e. The van der Waals surface area contributed by atoms with Gasteiger partial charge in [-0.05, 0) is 24.0 Å². The first-order valence-corrected chi connectivity index (χ1v) is 5.56. The maximum atomic E-state index is 10.4. The summed E-state index contributed by atoms with van der Waals surface area (Å²) in [5.74, 6) is -0.840. The van der Waals surface area contributed by atoms with E-state index < -0.39 is 5.97 Å². The summed E-state index contributed by atoms with van der Waals surface area (Å²) in [5, 5.41) is 17.6. The summed E-state index contributed by atoms with van der Waals surface area (Å²) < 4.78 is 0. The first-order chi connectivity index (χ1) is 8.16. The SMILES string of the molecule is N#CC1(c2cccc(C=CCC(=O)O)c2)CC1. The van der Waals surface area contributed by atoms with Gasteiger partial charge >= 0.3 is 5.97 Å². The fourth-order valence-corrected chi connectivity index (χ4v) is 1.83. The molecular formula is C14H13NO2. The predicted octanol–water partition coefficient (Wildman–Crippen LogP) is 2.73. The Hall–Kier alpha value is -2.08. The van der Waals surface area contributed by atoms with E-state index >= 15 is 0 Å². The Labute approximate surface area is 100 Å². The molecule has 1 N–H and O–H groups in total. The third-order valence-corrected chi connectivity index (χ3v) is 3.01. The Morgan fingerprint density at radius 3 is 2.88 bits per heavy atom. The molecule has 1 aliphatic carbocycles. The van der Waals surface area contributed by atoms with Crippen LogP contribution in [0.4, 0.5) is 0 Å². The van der Waals surface area contributed by atoms with Gasteiger partial charge in [-0.25, -0.2) is 0 Å². The molecule has 3 heteroatoms. The van der Waals surface area contributed by atoms with Crippen LogP contribution in [0.15, 0.2) is 30.3 Å². The lowest BCUT2D eigenvalue weighted by molar-refractivity contribution is -0.135. The van der Waals surface area contributed by atoms with Crippen LogP contribution in [0.5, 0.6) is 0 Å². The van der Waals surface area contributed by atoms with Crippen molar-refractivity contribution in [2.24, 2.45) is 0 Å². The Morgan fingerprint density at radius 1 is 1.53 bits per heavy atom. The number of aliphatic carboxylic acids is 1. The van der Waals surface area contributed by atoms with Crippen LogP contribution >= 0.6 is 0 Å². The minimum absolute atomic E-state index is 0.0214. The molecule has 86 valence electrons. The van der Waals surface area contributed by atoms with Crippen molar-refractivity contribution >= 4 is 12.0 Å². The molecule has 0 aliphatic heterocycles. The lowest BCUT2D eigenvalue weighted by Gasteiger charge is -2.06. The molecule has 0 atom stereocenters. The summed E-state index contributed by atoms with van der Waals surface area (Å²) in [4.78, 5) is 10.4. The molecular weight excluding hydrogens is 214 g/mol. The Bertz CT molecular complexity index is 507. The number of nitrogens with zero attached hydrogens (tertiary/aromatic N) is 1. The van der Waals surface area contributed by atoms with Gasteiger partial charge in [0.25, 0.3) is 0 Å². The van der Waals surface area contributed by atoms with Crippen molar-refractivity contribution in [2.75, 3.05) is 0 Å². The summed E-state index contributed by atoms with van der Waals surface area (Å²) in [6.07, 6.45) is 5.27. The van der Waals surface area contributed by atoms with Gasteiger partial charge in [-0.15, -0.1) is 0 Å². The van der Waals surface area contributed by atoms with Crippen molar-refractivity contribution in [1.29, 1.82) is 5.26 Å². The molecule has 1 aromatic carbocycles. The van der Waals surface area contributed by atoms with Crippen LogP contribution < -0.4 is 0 Å². The average Bonchev–Trinajstić information content (AvgIpc) is 3.10. The lowest BCUT2D eigenvalue weighted by Crippen LogP contribution is -2.02. The molecule has 0 bridgehead atoms. The standard InChI is InChI=1S/C14H13NO2/c15-10-14(7-8-14)12-5-1-3-11(9-12)4-2-6-13(16)17/h1-5,9H,6-8H2,(H,16,17). The Kier molecular flexibility index (Phi) is 2.97. The minimum Gasteiger partial charge on any atom is -0.481 e. The highest BCUT2D eigenvalue weighted by atomic mass is 16.4. The first-order valence-electron chi connectivity index (χ1n) is 5.56. The normalized spacial score (nSPS) is 16.6. The van der Waals surface area contributed by atoms with Crippen LogP contribution in [-0.2, 0) is 10.2 Å². The number of benzene rings is 1. The minimum atomic E-state index is -0.840. The van der Waals surface area contributed by atoms with Crippen molar-refractivity contribution in [2.45, 2.75) is 24.7 Å². The highest BCUT2D eigenvalue weighted by Crippen LogP contribution is 2.47. The molecule has 1 aromatic rings. The van der Waals surface area contributed by atoms with Gasteiger partial charge in [0.15, 0.2) is 0 Å². The summed E-state index contributed by atoms with van der Waals surface area (Å²) in [6, 6.07) is 10.1. The van der Waals surface area contributed by atoms with Gasteiger partial charge < -0.3 is 5.11 Å². The van der Waals surface area contributed by atoms with Crippen LogP contribution in [0.25, 0.3) is 6.08 Å². The largest absolute Gasteiger partial charge is 0.481 e. The fourth-order valence-electron chi connectivity index (χ4n) is 1.83. The maximum absolute atomic E-state index is 10.4. The molecule has 17 heavy (non-hydrogen) atoms. The van der Waals surface area contributed by atoms with E-state index in [1.54, 1.807) is 12.2 Å². The second-order valence-electron chi connectivity index (χ2n) is 4.32. The van der Waals surface area contributed by atoms with E-state index in [2.05, 4.69) is 6.07 Å². The number of hydrogen-bond acceptors (Lipinski definition) is 2. The summed E-state index contributed by atoms with van der Waals surface area (Å²) in [6.45, 7) is 0. The molecule has 1 fully saturated rings. The smallest absolute Gasteiger partial charge is 0.307 e. The molecule has 0 saturated heterocycles. The number of carbonyl (C=O) groups is 1. The predicted molar refractivity (Wildman–Crippen MR) is 64.3 cm³/mol. The molecule has 0 radical (unpaired) electrons. The quantitative estimate of drug-likeness (QED) is 0.860. The van der Waals surface area contributed by atoms with Crippen molar-refractivity contribution in [3.8, 4) is 6.07 Å². The number of carboxylic acid groups (broad SMARTS) is 1. The van der Waals surface area contributed by atoms with E-state index in [0.717, 1.165) is 24.0 Å². The van der Waals surface area contributed by atoms with E-state index in [1.807, 2.05) is 24.3 Å². The number of nitriles is 1. The van der Waals surface area contributed by atoms with E-state index in [4.69, 9.17) is 10.4 Å². The van der Waals surface area contributed by atoms with Gasteiger partial charge in [0.2, 0.25) is 0 Å². The van der Waals surface area contributed by atoms with Crippen molar-refractivity contribution in [3.63, 3.8) is 0 Å². The van der Waals surface area contributed by atoms with E-state index in [0.29, 0.717) is 0 Å². The topological polar surface area (TPSA) is 61.1 Å². The Balaban J connectivity index is 2.16. The van der Waals surface area contributed by atoms with Gasteiger partial charge in [-0.2, -0.15) is 5.26 Å². The molecule has 1 saturated carbocycles. The highest BCUT2D eigenvalue weighted by molar-refractivity contribution is 5.70. The van der Waals surface area contributed by atoms with E-state index in [9.17, 15) is 4.79 Å². The first kappa shape index (κ1) is 11.4. The molecule has 0 heterocycles. The molecule has 0 spiro atoms. The highest BCUT2D eigenvalue weighted by Gasteiger charge is 2.44. The zero-order chi connectivity index (χ0) is 12.3. The lowest BCUT2D eigenvalue weighted by atomic mass is 9.96. The zero-order valence-electron chi connectivity index (χ0n) is 9.39. The Morgan fingerprint density at radius 2 is 2.29 bits per heavy atom. The van der Waals surface area contributed by atoms with Crippen molar-refractivity contribution in [3.05, 3.63) is 41.5 Å². The van der Waals surface area contributed by atoms with E-state index in [1.165, 1.54) is 0 Å². The fraction of sp³-hybridized carbons (Fsp3) is 0.286. The van der Waals surface area contributed by atoms with Crippen molar-refractivity contribution in [1.82, 2.24) is 0 Å². The summed E-state index contributed by atoms with van der Waals surface area (Å²) in [5.41, 5.74) is 1.71. The molecule has 3 nitrogen and oxygen atoms in total. The van der Waals surface area contributed by atoms with Crippen LogP contribution in [0.1, 0.15) is 30.4 Å². The monoisotopic (exact) mass is 227 g/mol. The van der Waals surface area contributed by atoms with Crippen LogP contribution in [-0.4, -0.2) is 11.1 Å². The number of carboxylic acids is 1. The van der Waals surface area contributed by atoms with Gasteiger partial charge in [-0.3, -0.25) is 4.79 Å². The molecule has 0 unspecified atom stereocenters. The third-order valence-electron chi connectivity index (χ3n) is 3.01. The number of rotatable bonds is 4. The van der Waals surface area contributed by atoms with Crippen LogP contribution in [0.2, 0.25) is 0 Å². The summed E-state index contributed by atoms with van der Waals surface area (Å²) in [7, 11) is 0. The van der Waals surface area contributed by atoms with Crippen LogP contribution in [0.3, 0.4) is 0 Å². The zero-order valence-corrected chi connectivity index (χ0v) is 9.39. The van der Waals surface area contributed by atoms with Gasteiger partial charge in [0.05, 0.1) is 17.9 Å². The second-order valence-corrected chi connectivity index (χ2v) is 4.32. The van der Waals surface area contributed by atoms with Gasteiger partial charge in [-0.1, -0.05) is 36.4 Å².